The van der Waals surface area contributed by atoms with E-state index in [9.17, 15) is 0 Å². The van der Waals surface area contributed by atoms with Gasteiger partial charge in [0, 0.05) is 5.54 Å². The Balaban J connectivity index is 2.15. The van der Waals surface area contributed by atoms with Crippen LogP contribution in [-0.2, 0) is 6.42 Å². The van der Waals surface area contributed by atoms with E-state index in [4.69, 9.17) is 16.3 Å². The fourth-order valence-electron chi connectivity index (χ4n) is 2.66. The van der Waals surface area contributed by atoms with Crippen molar-refractivity contribution in [3.63, 3.8) is 0 Å². The van der Waals surface area contributed by atoms with Crippen molar-refractivity contribution in [1.82, 2.24) is 5.32 Å². The summed E-state index contributed by atoms with van der Waals surface area (Å²) in [4.78, 5) is 0. The third-order valence-corrected chi connectivity index (χ3v) is 4.06. The number of hydrogen-bond donors (Lipinski definition) is 1. The first-order chi connectivity index (χ1) is 8.19. The molecule has 1 saturated heterocycles. The van der Waals surface area contributed by atoms with Crippen molar-refractivity contribution in [3.8, 4) is 5.75 Å². The SMILES string of the molecule is CCC1(Cc2ccc(OC)c(Cl)c2)CCCN1. The van der Waals surface area contributed by atoms with Gasteiger partial charge in [-0.15, -0.1) is 0 Å². The van der Waals surface area contributed by atoms with Crippen LogP contribution in [0.15, 0.2) is 18.2 Å². The van der Waals surface area contributed by atoms with Crippen LogP contribution in [0.3, 0.4) is 0 Å². The zero-order valence-electron chi connectivity index (χ0n) is 10.6. The minimum Gasteiger partial charge on any atom is -0.495 e. The number of halogens is 1. The molecule has 0 saturated carbocycles. The molecule has 1 aliphatic heterocycles. The maximum atomic E-state index is 6.16. The Morgan fingerprint density at radius 3 is 2.82 bits per heavy atom. The third kappa shape index (κ3) is 2.75. The van der Waals surface area contributed by atoms with Crippen LogP contribution in [0.25, 0.3) is 0 Å². The Hall–Kier alpha value is -0.730. The molecule has 17 heavy (non-hydrogen) atoms. The predicted molar refractivity (Wildman–Crippen MR) is 72.0 cm³/mol. The minimum atomic E-state index is 0.276. The van der Waals surface area contributed by atoms with Gasteiger partial charge < -0.3 is 10.1 Å². The molecule has 0 aliphatic carbocycles. The second-order valence-electron chi connectivity index (χ2n) is 4.81. The summed E-state index contributed by atoms with van der Waals surface area (Å²) >= 11 is 6.16. The molecule has 0 radical (unpaired) electrons. The van der Waals surface area contributed by atoms with E-state index in [2.05, 4.69) is 18.3 Å². The molecule has 1 unspecified atom stereocenters. The zero-order chi connectivity index (χ0) is 12.3. The molecule has 0 spiro atoms. The van der Waals surface area contributed by atoms with Crippen LogP contribution in [0.4, 0.5) is 0 Å². The summed E-state index contributed by atoms with van der Waals surface area (Å²) in [6.07, 6.45) is 4.74. The van der Waals surface area contributed by atoms with Crippen molar-refractivity contribution in [2.45, 2.75) is 38.1 Å². The number of ether oxygens (including phenoxy) is 1. The minimum absolute atomic E-state index is 0.276. The summed E-state index contributed by atoms with van der Waals surface area (Å²) in [6, 6.07) is 6.09. The van der Waals surface area contributed by atoms with Crippen LogP contribution in [0, 0.1) is 0 Å². The Morgan fingerprint density at radius 2 is 2.29 bits per heavy atom. The number of rotatable bonds is 4. The topological polar surface area (TPSA) is 21.3 Å². The third-order valence-electron chi connectivity index (χ3n) is 3.77. The maximum Gasteiger partial charge on any atom is 0.137 e. The lowest BCUT2D eigenvalue weighted by Gasteiger charge is -2.28. The molecule has 1 N–H and O–H groups in total. The molecule has 0 aromatic heterocycles. The van der Waals surface area contributed by atoms with E-state index in [0.29, 0.717) is 5.02 Å². The first-order valence-corrected chi connectivity index (χ1v) is 6.64. The monoisotopic (exact) mass is 253 g/mol. The smallest absolute Gasteiger partial charge is 0.137 e. The molecule has 1 aromatic carbocycles. The summed E-state index contributed by atoms with van der Waals surface area (Å²) in [5.74, 6) is 0.750. The fourth-order valence-corrected chi connectivity index (χ4v) is 2.94. The van der Waals surface area contributed by atoms with Gasteiger partial charge in [-0.05, 0) is 49.9 Å². The van der Waals surface area contributed by atoms with E-state index in [1.165, 1.54) is 18.4 Å². The summed E-state index contributed by atoms with van der Waals surface area (Å²) in [5, 5.41) is 4.34. The molecule has 0 amide bonds. The summed E-state index contributed by atoms with van der Waals surface area (Å²) in [6.45, 7) is 3.39. The number of methoxy groups -OCH3 is 1. The van der Waals surface area contributed by atoms with E-state index < -0.39 is 0 Å². The van der Waals surface area contributed by atoms with Gasteiger partial charge in [0.15, 0.2) is 0 Å². The highest BCUT2D eigenvalue weighted by Gasteiger charge is 2.31. The predicted octanol–water partition coefficient (Wildman–Crippen LogP) is 3.42. The van der Waals surface area contributed by atoms with Crippen LogP contribution in [0.2, 0.25) is 5.02 Å². The van der Waals surface area contributed by atoms with Gasteiger partial charge >= 0.3 is 0 Å². The van der Waals surface area contributed by atoms with Crippen LogP contribution in [0.5, 0.6) is 5.75 Å². The van der Waals surface area contributed by atoms with Crippen LogP contribution >= 0.6 is 11.6 Å². The van der Waals surface area contributed by atoms with Gasteiger partial charge in [-0.2, -0.15) is 0 Å². The summed E-state index contributed by atoms with van der Waals surface area (Å²) < 4.78 is 5.17. The Bertz CT molecular complexity index is 386. The Morgan fingerprint density at radius 1 is 1.47 bits per heavy atom. The van der Waals surface area contributed by atoms with E-state index in [0.717, 1.165) is 25.1 Å². The molecule has 1 atom stereocenters. The van der Waals surface area contributed by atoms with Gasteiger partial charge in [0.1, 0.15) is 5.75 Å². The van der Waals surface area contributed by atoms with Crippen LogP contribution in [0.1, 0.15) is 31.7 Å². The standard InChI is InChI=1S/C14H20ClNO/c1-3-14(7-4-8-16-14)10-11-5-6-13(17-2)12(15)9-11/h5-6,9,16H,3-4,7-8,10H2,1-2H3. The Labute approximate surface area is 108 Å². The van der Waals surface area contributed by atoms with Crippen molar-refractivity contribution in [1.29, 1.82) is 0 Å². The molecule has 1 aromatic rings. The first-order valence-electron chi connectivity index (χ1n) is 6.26. The molecule has 2 rings (SSSR count). The normalized spacial score (nSPS) is 23.9. The van der Waals surface area contributed by atoms with E-state index in [1.807, 2.05) is 12.1 Å². The molecule has 0 bridgehead atoms. The average molecular weight is 254 g/mol. The molecule has 1 aliphatic rings. The molecule has 1 heterocycles. The van der Waals surface area contributed by atoms with Crippen LogP contribution in [-0.4, -0.2) is 19.2 Å². The van der Waals surface area contributed by atoms with Gasteiger partial charge in [-0.25, -0.2) is 0 Å². The first kappa shape index (κ1) is 12.7. The largest absolute Gasteiger partial charge is 0.495 e. The summed E-state index contributed by atoms with van der Waals surface area (Å²) in [5.41, 5.74) is 1.56. The highest BCUT2D eigenvalue weighted by atomic mass is 35.5. The van der Waals surface area contributed by atoms with Gasteiger partial charge in [-0.3, -0.25) is 0 Å². The van der Waals surface area contributed by atoms with Gasteiger partial charge in [0.2, 0.25) is 0 Å². The van der Waals surface area contributed by atoms with E-state index in [-0.39, 0.29) is 5.54 Å². The molecule has 1 fully saturated rings. The van der Waals surface area contributed by atoms with Crippen molar-refractivity contribution < 1.29 is 4.74 Å². The van der Waals surface area contributed by atoms with Crippen molar-refractivity contribution >= 4 is 11.6 Å². The van der Waals surface area contributed by atoms with E-state index in [1.54, 1.807) is 7.11 Å². The van der Waals surface area contributed by atoms with Crippen molar-refractivity contribution in [3.05, 3.63) is 28.8 Å². The van der Waals surface area contributed by atoms with Crippen LogP contribution < -0.4 is 10.1 Å². The molecule has 3 heteroatoms. The van der Waals surface area contributed by atoms with Gasteiger partial charge in [0.05, 0.1) is 12.1 Å². The number of nitrogens with one attached hydrogen (secondary N) is 1. The maximum absolute atomic E-state index is 6.16. The van der Waals surface area contributed by atoms with E-state index >= 15 is 0 Å². The second kappa shape index (κ2) is 5.28. The lowest BCUT2D eigenvalue weighted by atomic mass is 9.87. The molecular formula is C14H20ClNO. The van der Waals surface area contributed by atoms with Crippen molar-refractivity contribution in [2.24, 2.45) is 0 Å². The van der Waals surface area contributed by atoms with Gasteiger partial charge in [0.25, 0.3) is 0 Å². The van der Waals surface area contributed by atoms with Crippen molar-refractivity contribution in [2.75, 3.05) is 13.7 Å². The fraction of sp³-hybridized carbons (Fsp3) is 0.571. The lowest BCUT2D eigenvalue weighted by Crippen LogP contribution is -2.41. The number of hydrogen-bond acceptors (Lipinski definition) is 2. The second-order valence-corrected chi connectivity index (χ2v) is 5.22. The lowest BCUT2D eigenvalue weighted by molar-refractivity contribution is 0.359. The highest BCUT2D eigenvalue weighted by molar-refractivity contribution is 6.32. The molecule has 2 nitrogen and oxygen atoms in total. The quantitative estimate of drug-likeness (QED) is 0.888. The summed E-state index contributed by atoms with van der Waals surface area (Å²) in [7, 11) is 1.65. The van der Waals surface area contributed by atoms with Gasteiger partial charge in [-0.1, -0.05) is 24.6 Å². The molecule has 94 valence electrons. The highest BCUT2D eigenvalue weighted by Crippen LogP contribution is 2.30. The number of benzene rings is 1. The zero-order valence-corrected chi connectivity index (χ0v) is 11.3. The average Bonchev–Trinajstić information content (AvgIpc) is 2.79. The Kier molecular flexibility index (Phi) is 3.95. The molecular weight excluding hydrogens is 234 g/mol.